The van der Waals surface area contributed by atoms with Gasteiger partial charge in [-0.1, -0.05) is 23.2 Å². The van der Waals surface area contributed by atoms with Crippen LogP contribution in [0.5, 0.6) is 0 Å². The van der Waals surface area contributed by atoms with E-state index < -0.39 is 21.9 Å². The van der Waals surface area contributed by atoms with Gasteiger partial charge in [0.25, 0.3) is 0 Å². The van der Waals surface area contributed by atoms with Crippen molar-refractivity contribution in [2.45, 2.75) is 11.8 Å². The largest absolute Gasteiger partial charge is 0.344 e. The van der Waals surface area contributed by atoms with E-state index in [1.165, 1.54) is 0 Å². The van der Waals surface area contributed by atoms with Crippen LogP contribution in [0, 0.1) is 0 Å². The molecule has 0 aromatic carbocycles. The summed E-state index contributed by atoms with van der Waals surface area (Å²) in [6.45, 7) is 0. The van der Waals surface area contributed by atoms with Gasteiger partial charge in [0.15, 0.2) is 0 Å². The van der Waals surface area contributed by atoms with Crippen molar-refractivity contribution in [2.24, 2.45) is 0 Å². The molecule has 1 aliphatic rings. The van der Waals surface area contributed by atoms with E-state index in [1.807, 2.05) is 0 Å². The Balaban J connectivity index is 3.04. The highest BCUT2D eigenvalue weighted by molar-refractivity contribution is 6.56. The fourth-order valence-corrected chi connectivity index (χ4v) is 1.00. The van der Waals surface area contributed by atoms with Gasteiger partial charge in [-0.3, -0.25) is 0 Å². The van der Waals surface area contributed by atoms with E-state index in [0.29, 0.717) is 0 Å². The van der Waals surface area contributed by atoms with E-state index in [2.05, 4.69) is 0 Å². The Morgan fingerprint density at radius 1 is 1.00 bits per heavy atom. The van der Waals surface area contributed by atoms with Crippen LogP contribution >= 0.6 is 23.2 Å². The third-order valence-electron chi connectivity index (χ3n) is 1.15. The molecule has 1 saturated carbocycles. The van der Waals surface area contributed by atoms with Crippen molar-refractivity contribution >= 4 is 23.2 Å². The average Bonchev–Trinajstić information content (AvgIpc) is 1.97. The van der Waals surface area contributed by atoms with E-state index in [1.54, 1.807) is 0 Å². The molecule has 0 aliphatic heterocycles. The maximum absolute atomic E-state index is 11.8. The van der Waals surface area contributed by atoms with Crippen LogP contribution < -0.4 is 0 Å². The van der Waals surface area contributed by atoms with Gasteiger partial charge in [-0.2, -0.15) is 17.6 Å². The molecule has 10 heavy (non-hydrogen) atoms. The van der Waals surface area contributed by atoms with E-state index in [0.717, 1.165) is 0 Å². The summed E-state index contributed by atoms with van der Waals surface area (Å²) in [5.74, 6) is -8.27. The first-order chi connectivity index (χ1) is 4.32. The Labute approximate surface area is 63.4 Å². The summed E-state index contributed by atoms with van der Waals surface area (Å²) in [6.07, 6.45) is 0. The third-order valence-corrected chi connectivity index (χ3v) is 1.53. The smallest absolute Gasteiger partial charge is 0.194 e. The molecule has 58 valence electrons. The number of halogens is 6. The molecule has 0 radical (unpaired) electrons. The second-order valence-corrected chi connectivity index (χ2v) is 2.73. The second-order valence-electron chi connectivity index (χ2n) is 1.78. The van der Waals surface area contributed by atoms with Crippen LogP contribution in [-0.4, -0.2) is 11.8 Å². The molecule has 0 nitrogen and oxygen atoms in total. The zero-order valence-corrected chi connectivity index (χ0v) is 5.78. The first kappa shape index (κ1) is 8.14. The molecule has 0 aromatic heterocycles. The molecule has 0 N–H and O–H groups in total. The summed E-state index contributed by atoms with van der Waals surface area (Å²) in [6, 6.07) is 0. The topological polar surface area (TPSA) is 0 Å². The fraction of sp³-hybridized carbons (Fsp3) is 0.500. The van der Waals surface area contributed by atoms with Gasteiger partial charge in [0.2, 0.25) is 0 Å². The zero-order valence-electron chi connectivity index (χ0n) is 4.27. The Kier molecular flexibility index (Phi) is 1.46. The van der Waals surface area contributed by atoms with E-state index in [9.17, 15) is 17.6 Å². The standard InChI is InChI=1S/C4Cl2F4/c5-2(6)1-3(7,8)4(1,9)10. The minimum atomic E-state index is -4.13. The number of alkyl halides is 4. The molecule has 1 aliphatic carbocycles. The summed E-state index contributed by atoms with van der Waals surface area (Å²) in [5.41, 5.74) is -1.48. The van der Waals surface area contributed by atoms with Crippen molar-refractivity contribution < 1.29 is 17.6 Å². The maximum Gasteiger partial charge on any atom is 0.344 e. The molecular weight excluding hydrogens is 195 g/mol. The minimum absolute atomic E-state index is 1.05. The predicted molar refractivity (Wildman–Crippen MR) is 28.6 cm³/mol. The third kappa shape index (κ3) is 0.751. The summed E-state index contributed by atoms with van der Waals surface area (Å²) in [5, 5.41) is 0. The summed E-state index contributed by atoms with van der Waals surface area (Å²) >= 11 is 9.46. The second kappa shape index (κ2) is 1.80. The lowest BCUT2D eigenvalue weighted by Gasteiger charge is -1.86. The highest BCUT2D eigenvalue weighted by atomic mass is 35.5. The molecule has 0 unspecified atom stereocenters. The molecule has 0 spiro atoms. The van der Waals surface area contributed by atoms with Crippen LogP contribution in [0.4, 0.5) is 17.6 Å². The van der Waals surface area contributed by atoms with Crippen molar-refractivity contribution in [1.82, 2.24) is 0 Å². The summed E-state index contributed by atoms with van der Waals surface area (Å²) in [4.78, 5) is 0. The first-order valence-electron chi connectivity index (χ1n) is 2.13. The molecule has 0 amide bonds. The summed E-state index contributed by atoms with van der Waals surface area (Å²) in [7, 11) is 0. The lowest BCUT2D eigenvalue weighted by molar-refractivity contribution is -0.0278. The van der Waals surface area contributed by atoms with Crippen molar-refractivity contribution in [3.05, 3.63) is 10.1 Å². The molecule has 1 fully saturated rings. The average molecular weight is 195 g/mol. The molecule has 1 rings (SSSR count). The number of rotatable bonds is 0. The molecular formula is C4Cl2F4. The predicted octanol–water partition coefficient (Wildman–Crippen LogP) is 2.96. The molecule has 0 saturated heterocycles. The number of allylic oxidation sites excluding steroid dienone is 1. The highest BCUT2D eigenvalue weighted by Gasteiger charge is 2.82. The van der Waals surface area contributed by atoms with Gasteiger partial charge in [0, 0.05) is 0 Å². The summed E-state index contributed by atoms with van der Waals surface area (Å²) < 4.78 is 46.3. The van der Waals surface area contributed by atoms with Crippen LogP contribution in [0.15, 0.2) is 10.1 Å². The quantitative estimate of drug-likeness (QED) is 0.521. The monoisotopic (exact) mass is 194 g/mol. The van der Waals surface area contributed by atoms with Gasteiger partial charge in [-0.15, -0.1) is 0 Å². The van der Waals surface area contributed by atoms with Crippen LogP contribution in [0.1, 0.15) is 0 Å². The Morgan fingerprint density at radius 2 is 1.30 bits per heavy atom. The van der Waals surface area contributed by atoms with Crippen LogP contribution in [0.3, 0.4) is 0 Å². The van der Waals surface area contributed by atoms with Gasteiger partial charge in [0.1, 0.15) is 10.1 Å². The van der Waals surface area contributed by atoms with E-state index >= 15 is 0 Å². The van der Waals surface area contributed by atoms with Gasteiger partial charge < -0.3 is 0 Å². The fourth-order valence-electron chi connectivity index (χ4n) is 0.529. The van der Waals surface area contributed by atoms with Gasteiger partial charge in [-0.05, 0) is 0 Å². The molecule has 0 heterocycles. The SMILES string of the molecule is FC1(F)C(=C(Cl)Cl)C1(F)F. The Bertz CT molecular complexity index is 187. The van der Waals surface area contributed by atoms with Gasteiger partial charge in [0.05, 0.1) is 0 Å². The Morgan fingerprint density at radius 3 is 1.30 bits per heavy atom. The van der Waals surface area contributed by atoms with Gasteiger partial charge >= 0.3 is 11.8 Å². The minimum Gasteiger partial charge on any atom is -0.194 e. The lowest BCUT2D eigenvalue weighted by Crippen LogP contribution is -2.02. The maximum atomic E-state index is 11.8. The molecule has 0 aromatic rings. The highest BCUT2D eigenvalue weighted by Crippen LogP contribution is 2.64. The normalized spacial score (nSPS) is 26.4. The number of hydrogen-bond acceptors (Lipinski definition) is 0. The van der Waals surface area contributed by atoms with Crippen molar-refractivity contribution in [1.29, 1.82) is 0 Å². The van der Waals surface area contributed by atoms with Crippen LogP contribution in [-0.2, 0) is 0 Å². The van der Waals surface area contributed by atoms with Crippen molar-refractivity contribution in [2.75, 3.05) is 0 Å². The van der Waals surface area contributed by atoms with Crippen molar-refractivity contribution in [3.8, 4) is 0 Å². The Hall–Kier alpha value is 0.0400. The zero-order chi connectivity index (χ0) is 8.15. The molecule has 6 heteroatoms. The van der Waals surface area contributed by atoms with Gasteiger partial charge in [-0.25, -0.2) is 0 Å². The van der Waals surface area contributed by atoms with Crippen molar-refractivity contribution in [3.63, 3.8) is 0 Å². The first-order valence-corrected chi connectivity index (χ1v) is 2.89. The van der Waals surface area contributed by atoms with Crippen LogP contribution in [0.25, 0.3) is 0 Å². The molecule has 0 bridgehead atoms. The number of hydrogen-bond donors (Lipinski definition) is 0. The van der Waals surface area contributed by atoms with E-state index in [-0.39, 0.29) is 0 Å². The van der Waals surface area contributed by atoms with Crippen LogP contribution in [0.2, 0.25) is 0 Å². The van der Waals surface area contributed by atoms with E-state index in [4.69, 9.17) is 23.2 Å². The molecule has 0 atom stereocenters. The lowest BCUT2D eigenvalue weighted by atomic mass is 10.7.